The number of hydrogen-bond donors (Lipinski definition) is 3. The quantitative estimate of drug-likeness (QED) is 0.774. The van der Waals surface area contributed by atoms with Gasteiger partial charge in [0.1, 0.15) is 5.69 Å². The van der Waals surface area contributed by atoms with Gasteiger partial charge in [0.2, 0.25) is 0 Å². The summed E-state index contributed by atoms with van der Waals surface area (Å²) in [6.07, 6.45) is 3.23. The first-order valence-electron chi connectivity index (χ1n) is 5.41. The van der Waals surface area contributed by atoms with Gasteiger partial charge in [-0.2, -0.15) is 0 Å². The standard InChI is InChI=1S/C11H18ClN3O.ClH/c1-3-11(13,4-2)7-15-10(16)9-5-8(12)6-14-9;/h5-6,14H,3-4,7,13H2,1-2H3,(H,15,16);1H. The maximum atomic E-state index is 11.7. The Labute approximate surface area is 113 Å². The van der Waals surface area contributed by atoms with Crippen LogP contribution >= 0.6 is 24.0 Å². The number of hydrogen-bond acceptors (Lipinski definition) is 2. The fraction of sp³-hybridized carbons (Fsp3) is 0.545. The summed E-state index contributed by atoms with van der Waals surface area (Å²) in [4.78, 5) is 14.5. The van der Waals surface area contributed by atoms with Crippen molar-refractivity contribution < 1.29 is 4.79 Å². The SMILES string of the molecule is CCC(N)(CC)CNC(=O)c1cc(Cl)c[nH]1.Cl. The van der Waals surface area contributed by atoms with Crippen molar-refractivity contribution in [1.82, 2.24) is 10.3 Å². The summed E-state index contributed by atoms with van der Waals surface area (Å²) in [6.45, 7) is 4.50. The van der Waals surface area contributed by atoms with Gasteiger partial charge in [-0.25, -0.2) is 0 Å². The Morgan fingerprint density at radius 3 is 2.53 bits per heavy atom. The molecule has 0 aliphatic heterocycles. The van der Waals surface area contributed by atoms with Crippen molar-refractivity contribution in [2.24, 2.45) is 5.73 Å². The van der Waals surface area contributed by atoms with Crippen LogP contribution in [0, 0.1) is 0 Å². The lowest BCUT2D eigenvalue weighted by molar-refractivity contribution is 0.0938. The molecule has 0 saturated carbocycles. The molecule has 6 heteroatoms. The molecule has 4 N–H and O–H groups in total. The summed E-state index contributed by atoms with van der Waals surface area (Å²) in [5.41, 5.74) is 6.21. The van der Waals surface area contributed by atoms with E-state index in [0.29, 0.717) is 17.3 Å². The predicted molar refractivity (Wildman–Crippen MR) is 72.9 cm³/mol. The summed E-state index contributed by atoms with van der Waals surface area (Å²) in [5.74, 6) is -0.177. The molecule has 0 fully saturated rings. The average molecular weight is 280 g/mol. The first kappa shape index (κ1) is 16.3. The van der Waals surface area contributed by atoms with Crippen molar-refractivity contribution in [3.05, 3.63) is 23.0 Å². The number of carbonyl (C=O) groups is 1. The number of halogens is 2. The van der Waals surface area contributed by atoms with Gasteiger partial charge in [0.15, 0.2) is 0 Å². The molecular formula is C11H19Cl2N3O. The fourth-order valence-electron chi connectivity index (χ4n) is 1.35. The maximum Gasteiger partial charge on any atom is 0.267 e. The van der Waals surface area contributed by atoms with Crippen LogP contribution < -0.4 is 11.1 Å². The molecule has 98 valence electrons. The lowest BCUT2D eigenvalue weighted by Crippen LogP contribution is -2.49. The van der Waals surface area contributed by atoms with Gasteiger partial charge in [0.25, 0.3) is 5.91 Å². The molecule has 0 bridgehead atoms. The van der Waals surface area contributed by atoms with Gasteiger partial charge in [-0.05, 0) is 18.9 Å². The predicted octanol–water partition coefficient (Wildman–Crippen LogP) is 2.34. The fourth-order valence-corrected chi connectivity index (χ4v) is 1.51. The van der Waals surface area contributed by atoms with E-state index in [1.54, 1.807) is 12.3 Å². The summed E-state index contributed by atoms with van der Waals surface area (Å²) < 4.78 is 0. The molecule has 0 aliphatic carbocycles. The van der Waals surface area contributed by atoms with Crippen LogP contribution in [-0.4, -0.2) is 23.0 Å². The number of aromatic nitrogens is 1. The smallest absolute Gasteiger partial charge is 0.267 e. The van der Waals surface area contributed by atoms with Crippen LogP contribution in [0.4, 0.5) is 0 Å². The van der Waals surface area contributed by atoms with Gasteiger partial charge < -0.3 is 16.0 Å². The van der Waals surface area contributed by atoms with Gasteiger partial charge in [0.05, 0.1) is 5.02 Å². The molecule has 0 aromatic carbocycles. The Bertz CT molecular complexity index is 361. The van der Waals surface area contributed by atoms with Gasteiger partial charge in [-0.3, -0.25) is 4.79 Å². The van der Waals surface area contributed by atoms with Crippen LogP contribution in [0.1, 0.15) is 37.2 Å². The van der Waals surface area contributed by atoms with E-state index in [2.05, 4.69) is 10.3 Å². The van der Waals surface area contributed by atoms with E-state index in [1.165, 1.54) is 0 Å². The van der Waals surface area contributed by atoms with Crippen LogP contribution in [0.3, 0.4) is 0 Å². The van der Waals surface area contributed by atoms with Crippen molar-refractivity contribution in [2.75, 3.05) is 6.54 Å². The van der Waals surface area contributed by atoms with Gasteiger partial charge >= 0.3 is 0 Å². The molecule has 0 saturated heterocycles. The van der Waals surface area contributed by atoms with E-state index in [-0.39, 0.29) is 23.9 Å². The van der Waals surface area contributed by atoms with Crippen molar-refractivity contribution in [2.45, 2.75) is 32.2 Å². The number of amides is 1. The lowest BCUT2D eigenvalue weighted by Gasteiger charge is -2.26. The van der Waals surface area contributed by atoms with E-state index >= 15 is 0 Å². The summed E-state index contributed by atoms with van der Waals surface area (Å²) in [7, 11) is 0. The Hall–Kier alpha value is -0.710. The van der Waals surface area contributed by atoms with Crippen LogP contribution in [0.25, 0.3) is 0 Å². The number of nitrogens with one attached hydrogen (secondary N) is 2. The molecular weight excluding hydrogens is 261 g/mol. The highest BCUT2D eigenvalue weighted by molar-refractivity contribution is 6.30. The molecule has 17 heavy (non-hydrogen) atoms. The Balaban J connectivity index is 0.00000256. The molecule has 1 heterocycles. The number of rotatable bonds is 5. The molecule has 1 rings (SSSR count). The topological polar surface area (TPSA) is 70.9 Å². The van der Waals surface area contributed by atoms with E-state index in [1.807, 2.05) is 13.8 Å². The number of nitrogens with two attached hydrogens (primary N) is 1. The van der Waals surface area contributed by atoms with Gasteiger partial charge in [-0.1, -0.05) is 25.4 Å². The van der Waals surface area contributed by atoms with Crippen molar-refractivity contribution in [3.8, 4) is 0 Å². The second kappa shape index (κ2) is 6.89. The molecule has 0 atom stereocenters. The second-order valence-corrected chi connectivity index (χ2v) is 4.42. The molecule has 0 radical (unpaired) electrons. The normalized spacial score (nSPS) is 10.8. The molecule has 0 unspecified atom stereocenters. The summed E-state index contributed by atoms with van der Waals surface area (Å²) in [6, 6.07) is 1.59. The number of aromatic amines is 1. The average Bonchev–Trinajstić information content (AvgIpc) is 2.72. The zero-order valence-corrected chi connectivity index (χ0v) is 11.6. The molecule has 0 spiro atoms. The van der Waals surface area contributed by atoms with E-state index in [9.17, 15) is 4.79 Å². The lowest BCUT2D eigenvalue weighted by atomic mass is 9.94. The third-order valence-electron chi connectivity index (χ3n) is 2.90. The van der Waals surface area contributed by atoms with Gasteiger partial charge in [-0.15, -0.1) is 12.4 Å². The second-order valence-electron chi connectivity index (χ2n) is 3.98. The van der Waals surface area contributed by atoms with E-state index < -0.39 is 0 Å². The minimum atomic E-state index is -0.327. The zero-order chi connectivity index (χ0) is 12.2. The maximum absolute atomic E-state index is 11.7. The highest BCUT2D eigenvalue weighted by Crippen LogP contribution is 2.11. The van der Waals surface area contributed by atoms with Crippen molar-refractivity contribution in [1.29, 1.82) is 0 Å². The monoisotopic (exact) mass is 279 g/mol. The van der Waals surface area contributed by atoms with Crippen LogP contribution in [0.5, 0.6) is 0 Å². The van der Waals surface area contributed by atoms with E-state index in [0.717, 1.165) is 12.8 Å². The molecule has 1 amide bonds. The number of H-pyrrole nitrogens is 1. The van der Waals surface area contributed by atoms with E-state index in [4.69, 9.17) is 17.3 Å². The first-order chi connectivity index (χ1) is 7.50. The third-order valence-corrected chi connectivity index (χ3v) is 3.12. The highest BCUT2D eigenvalue weighted by atomic mass is 35.5. The molecule has 1 aromatic heterocycles. The number of carbonyl (C=O) groups excluding carboxylic acids is 1. The van der Waals surface area contributed by atoms with Crippen LogP contribution in [-0.2, 0) is 0 Å². The first-order valence-corrected chi connectivity index (χ1v) is 5.79. The Morgan fingerprint density at radius 1 is 1.53 bits per heavy atom. The Morgan fingerprint density at radius 2 is 2.12 bits per heavy atom. The van der Waals surface area contributed by atoms with Crippen molar-refractivity contribution in [3.63, 3.8) is 0 Å². The zero-order valence-electron chi connectivity index (χ0n) is 10.0. The van der Waals surface area contributed by atoms with Crippen molar-refractivity contribution >= 4 is 29.9 Å². The van der Waals surface area contributed by atoms with Gasteiger partial charge in [0, 0.05) is 18.3 Å². The highest BCUT2D eigenvalue weighted by Gasteiger charge is 2.21. The molecule has 0 aliphatic rings. The largest absolute Gasteiger partial charge is 0.356 e. The minimum Gasteiger partial charge on any atom is -0.356 e. The Kier molecular flexibility index (Phi) is 6.60. The van der Waals surface area contributed by atoms with Crippen LogP contribution in [0.2, 0.25) is 5.02 Å². The minimum absolute atomic E-state index is 0. The molecule has 1 aromatic rings. The summed E-state index contributed by atoms with van der Waals surface area (Å²) in [5, 5.41) is 3.32. The van der Waals surface area contributed by atoms with Crippen LogP contribution in [0.15, 0.2) is 12.3 Å². The summed E-state index contributed by atoms with van der Waals surface area (Å²) >= 11 is 5.71. The third kappa shape index (κ3) is 4.58. The molecule has 4 nitrogen and oxygen atoms in total.